The van der Waals surface area contributed by atoms with Gasteiger partial charge >= 0.3 is 11.4 Å². The Balaban J connectivity index is 2.43. The van der Waals surface area contributed by atoms with Gasteiger partial charge in [-0.2, -0.15) is 4.21 Å². The summed E-state index contributed by atoms with van der Waals surface area (Å²) in [7, 11) is 0. The summed E-state index contributed by atoms with van der Waals surface area (Å²) in [5.41, 5.74) is 0. The average molecular weight is 166 g/mol. The van der Waals surface area contributed by atoms with E-state index in [1.54, 1.807) is 0 Å². The molecule has 0 amide bonds. The summed E-state index contributed by atoms with van der Waals surface area (Å²) in [6, 6.07) is 0. The lowest BCUT2D eigenvalue weighted by atomic mass is 10.2. The molecule has 1 atom stereocenters. The number of hydrogen-bond donors (Lipinski definition) is 2. The lowest BCUT2D eigenvalue weighted by Crippen LogP contribution is -2.28. The van der Waals surface area contributed by atoms with E-state index < -0.39 is 17.1 Å². The molecule has 0 heterocycles. The third-order valence-corrected chi connectivity index (χ3v) is 2.06. The normalized spacial score (nSPS) is 26.6. The lowest BCUT2D eigenvalue weighted by molar-refractivity contribution is -0.126. The van der Waals surface area contributed by atoms with E-state index in [9.17, 15) is 9.32 Å². The molecule has 1 saturated carbocycles. The van der Waals surface area contributed by atoms with Crippen LogP contribution in [0.5, 0.6) is 0 Å². The zero-order valence-corrected chi connectivity index (χ0v) is 6.26. The molecule has 0 spiro atoms. The van der Waals surface area contributed by atoms with E-state index in [0.29, 0.717) is 12.8 Å². The summed E-state index contributed by atoms with van der Waals surface area (Å²) in [5.74, 6) is -1.33. The van der Waals surface area contributed by atoms with Gasteiger partial charge in [-0.15, -0.1) is 0 Å². The molecule has 1 aliphatic carbocycles. The Morgan fingerprint density at radius 3 is 2.30 bits per heavy atom. The molecule has 0 aliphatic heterocycles. The molecule has 0 aromatic heterocycles. The molecule has 0 radical (unpaired) electrons. The SMILES string of the molecule is O=S(O)OC1(O)CCCC1. The van der Waals surface area contributed by atoms with Crippen molar-refractivity contribution in [1.29, 1.82) is 0 Å². The van der Waals surface area contributed by atoms with Gasteiger partial charge in [0.25, 0.3) is 0 Å². The summed E-state index contributed by atoms with van der Waals surface area (Å²) < 4.78 is 22.7. The predicted molar refractivity (Wildman–Crippen MR) is 35.3 cm³/mol. The number of hydrogen-bond acceptors (Lipinski definition) is 3. The van der Waals surface area contributed by atoms with Crippen molar-refractivity contribution < 1.29 is 18.1 Å². The zero-order chi connectivity index (χ0) is 7.61. The maximum absolute atomic E-state index is 10.1. The van der Waals surface area contributed by atoms with Crippen LogP contribution in [-0.4, -0.2) is 19.7 Å². The Labute approximate surface area is 61.7 Å². The van der Waals surface area contributed by atoms with Crippen LogP contribution in [0.1, 0.15) is 25.7 Å². The van der Waals surface area contributed by atoms with Crippen LogP contribution in [0.25, 0.3) is 0 Å². The summed E-state index contributed by atoms with van der Waals surface area (Å²) in [4.78, 5) is 0. The smallest absolute Gasteiger partial charge is 0.304 e. The minimum atomic E-state index is -2.34. The molecule has 0 bridgehead atoms. The molecule has 0 saturated heterocycles. The molecule has 2 N–H and O–H groups in total. The fourth-order valence-electron chi connectivity index (χ4n) is 1.14. The molecule has 4 nitrogen and oxygen atoms in total. The van der Waals surface area contributed by atoms with Gasteiger partial charge in [0.05, 0.1) is 0 Å². The van der Waals surface area contributed by atoms with Crippen LogP contribution in [0.15, 0.2) is 0 Å². The van der Waals surface area contributed by atoms with Gasteiger partial charge in [-0.1, -0.05) is 0 Å². The van der Waals surface area contributed by atoms with E-state index in [2.05, 4.69) is 4.18 Å². The van der Waals surface area contributed by atoms with Gasteiger partial charge in [0, 0.05) is 12.8 Å². The fourth-order valence-corrected chi connectivity index (χ4v) is 1.58. The Morgan fingerprint density at radius 1 is 1.40 bits per heavy atom. The molecule has 1 unspecified atom stereocenters. The maximum Gasteiger partial charge on any atom is 0.304 e. The van der Waals surface area contributed by atoms with Crippen molar-refractivity contribution in [3.63, 3.8) is 0 Å². The Kier molecular flexibility index (Phi) is 2.40. The van der Waals surface area contributed by atoms with E-state index in [-0.39, 0.29) is 0 Å². The van der Waals surface area contributed by atoms with Gasteiger partial charge in [-0.05, 0) is 12.8 Å². The predicted octanol–water partition coefficient (Wildman–Crippen LogP) is 0.402. The first kappa shape index (κ1) is 8.13. The monoisotopic (exact) mass is 166 g/mol. The minimum absolute atomic E-state index is 0.458. The molecule has 1 rings (SSSR count). The van der Waals surface area contributed by atoms with E-state index in [1.165, 1.54) is 0 Å². The second-order valence-corrected chi connectivity index (χ2v) is 3.05. The largest absolute Gasteiger partial charge is 0.364 e. The van der Waals surface area contributed by atoms with Crippen molar-refractivity contribution in [3.8, 4) is 0 Å². The molecule has 1 aliphatic rings. The van der Waals surface area contributed by atoms with Crippen molar-refractivity contribution >= 4 is 11.4 Å². The zero-order valence-electron chi connectivity index (χ0n) is 5.45. The summed E-state index contributed by atoms with van der Waals surface area (Å²) in [5, 5.41) is 9.29. The fraction of sp³-hybridized carbons (Fsp3) is 1.00. The van der Waals surface area contributed by atoms with Crippen molar-refractivity contribution in [2.24, 2.45) is 0 Å². The first-order valence-corrected chi connectivity index (χ1v) is 4.18. The van der Waals surface area contributed by atoms with E-state index in [0.717, 1.165) is 12.8 Å². The molecular weight excluding hydrogens is 156 g/mol. The van der Waals surface area contributed by atoms with Crippen LogP contribution in [0.4, 0.5) is 0 Å². The van der Waals surface area contributed by atoms with Gasteiger partial charge in [0.15, 0.2) is 5.79 Å². The molecule has 60 valence electrons. The highest BCUT2D eigenvalue weighted by Crippen LogP contribution is 2.30. The van der Waals surface area contributed by atoms with Gasteiger partial charge in [-0.3, -0.25) is 4.55 Å². The van der Waals surface area contributed by atoms with Crippen LogP contribution in [0.3, 0.4) is 0 Å². The van der Waals surface area contributed by atoms with E-state index >= 15 is 0 Å². The lowest BCUT2D eigenvalue weighted by Gasteiger charge is -2.18. The molecular formula is C5H10O4S. The summed E-state index contributed by atoms with van der Waals surface area (Å²) >= 11 is -2.34. The standard InChI is InChI=1S/C5H10O4S/c6-5(9-10(7)8)3-1-2-4-5/h6H,1-4H2,(H,7,8). The number of aliphatic hydroxyl groups is 1. The van der Waals surface area contributed by atoms with Crippen LogP contribution in [0.2, 0.25) is 0 Å². The maximum atomic E-state index is 10.1. The highest BCUT2D eigenvalue weighted by Gasteiger charge is 2.34. The second-order valence-electron chi connectivity index (χ2n) is 2.45. The highest BCUT2D eigenvalue weighted by molar-refractivity contribution is 7.74. The quantitative estimate of drug-likeness (QED) is 0.460. The van der Waals surface area contributed by atoms with Crippen LogP contribution in [-0.2, 0) is 15.5 Å². The third-order valence-electron chi connectivity index (χ3n) is 1.61. The molecule has 10 heavy (non-hydrogen) atoms. The minimum Gasteiger partial charge on any atom is -0.364 e. The van der Waals surface area contributed by atoms with E-state index in [1.807, 2.05) is 0 Å². The Morgan fingerprint density at radius 2 is 1.90 bits per heavy atom. The van der Waals surface area contributed by atoms with Crippen LogP contribution in [0, 0.1) is 0 Å². The van der Waals surface area contributed by atoms with Gasteiger partial charge in [-0.25, -0.2) is 4.18 Å². The molecule has 5 heteroatoms. The van der Waals surface area contributed by atoms with Crippen molar-refractivity contribution in [3.05, 3.63) is 0 Å². The summed E-state index contributed by atoms with van der Waals surface area (Å²) in [6.07, 6.45) is 2.62. The van der Waals surface area contributed by atoms with Crippen molar-refractivity contribution in [2.75, 3.05) is 0 Å². The molecule has 0 aromatic carbocycles. The Hall–Kier alpha value is 0.0300. The molecule has 1 fully saturated rings. The van der Waals surface area contributed by atoms with Gasteiger partial charge in [0.2, 0.25) is 0 Å². The topological polar surface area (TPSA) is 66.8 Å². The van der Waals surface area contributed by atoms with Gasteiger partial charge < -0.3 is 5.11 Å². The van der Waals surface area contributed by atoms with E-state index in [4.69, 9.17) is 4.55 Å². The van der Waals surface area contributed by atoms with Crippen molar-refractivity contribution in [2.45, 2.75) is 31.5 Å². The molecule has 0 aromatic rings. The second kappa shape index (κ2) is 2.96. The summed E-state index contributed by atoms with van der Waals surface area (Å²) in [6.45, 7) is 0. The van der Waals surface area contributed by atoms with Crippen LogP contribution >= 0.6 is 0 Å². The van der Waals surface area contributed by atoms with Crippen LogP contribution < -0.4 is 0 Å². The highest BCUT2D eigenvalue weighted by atomic mass is 32.2. The third kappa shape index (κ3) is 2.02. The van der Waals surface area contributed by atoms with Crippen molar-refractivity contribution in [1.82, 2.24) is 0 Å². The Bertz CT molecular complexity index is 141. The average Bonchev–Trinajstić information content (AvgIpc) is 2.12. The first-order valence-electron chi connectivity index (χ1n) is 3.15. The van der Waals surface area contributed by atoms with Gasteiger partial charge in [0.1, 0.15) is 0 Å². The number of rotatable bonds is 2. The first-order chi connectivity index (χ1) is 4.62.